The molecule has 0 saturated carbocycles. The van der Waals surface area contributed by atoms with Crippen LogP contribution in [0, 0.1) is 6.92 Å². The van der Waals surface area contributed by atoms with Gasteiger partial charge in [0, 0.05) is 37.9 Å². The van der Waals surface area contributed by atoms with Gasteiger partial charge in [0.15, 0.2) is 0 Å². The highest BCUT2D eigenvalue weighted by Gasteiger charge is 2.16. The van der Waals surface area contributed by atoms with Crippen LogP contribution in [-0.4, -0.2) is 48.1 Å². The normalized spacial score (nSPS) is 17.6. The van der Waals surface area contributed by atoms with E-state index in [1.807, 2.05) is 13.0 Å². The summed E-state index contributed by atoms with van der Waals surface area (Å²) >= 11 is 0. The maximum atomic E-state index is 5.37. The maximum Gasteiger partial charge on any atom is 0.227 e. The number of hydrogen-bond acceptors (Lipinski definition) is 6. The zero-order valence-electron chi connectivity index (χ0n) is 9.77. The molecule has 1 aromatic rings. The fraction of sp³-hybridized carbons (Fsp3) is 0.600. The first-order valence-electron chi connectivity index (χ1n) is 5.45. The van der Waals surface area contributed by atoms with Crippen LogP contribution in [0.4, 0.5) is 11.8 Å². The van der Waals surface area contributed by atoms with Crippen LogP contribution >= 0.6 is 0 Å². The number of anilines is 2. The van der Waals surface area contributed by atoms with Crippen molar-refractivity contribution < 1.29 is 0 Å². The average molecular weight is 222 g/mol. The van der Waals surface area contributed by atoms with Crippen molar-refractivity contribution in [1.29, 1.82) is 0 Å². The van der Waals surface area contributed by atoms with Gasteiger partial charge in [0.25, 0.3) is 0 Å². The molecule has 1 aliphatic rings. The average Bonchev–Trinajstić information content (AvgIpc) is 2.29. The summed E-state index contributed by atoms with van der Waals surface area (Å²) in [6.45, 7) is 5.96. The predicted molar refractivity (Wildman–Crippen MR) is 64.3 cm³/mol. The van der Waals surface area contributed by atoms with Crippen molar-refractivity contribution in [2.75, 3.05) is 43.6 Å². The molecule has 0 spiro atoms. The summed E-state index contributed by atoms with van der Waals surface area (Å²) in [5.74, 6) is 6.81. The molecule has 0 aliphatic carbocycles. The molecule has 1 aromatic heterocycles. The first kappa shape index (κ1) is 11.1. The Morgan fingerprint density at radius 2 is 1.94 bits per heavy atom. The fourth-order valence-electron chi connectivity index (χ4n) is 1.77. The van der Waals surface area contributed by atoms with Crippen LogP contribution in [0.3, 0.4) is 0 Å². The van der Waals surface area contributed by atoms with Crippen molar-refractivity contribution in [2.45, 2.75) is 6.92 Å². The maximum absolute atomic E-state index is 5.37. The Balaban J connectivity index is 2.16. The van der Waals surface area contributed by atoms with Gasteiger partial charge in [0.1, 0.15) is 5.82 Å². The number of nitrogens with two attached hydrogens (primary N) is 1. The van der Waals surface area contributed by atoms with Crippen molar-refractivity contribution in [3.05, 3.63) is 11.8 Å². The summed E-state index contributed by atoms with van der Waals surface area (Å²) in [5.41, 5.74) is 3.50. The molecule has 1 aliphatic heterocycles. The van der Waals surface area contributed by atoms with E-state index in [0.717, 1.165) is 37.8 Å². The number of rotatable bonds is 2. The molecule has 0 amide bonds. The molecule has 0 bridgehead atoms. The Morgan fingerprint density at radius 1 is 1.25 bits per heavy atom. The third-order valence-electron chi connectivity index (χ3n) is 2.78. The number of piperazine rings is 1. The van der Waals surface area contributed by atoms with Crippen molar-refractivity contribution >= 4 is 11.8 Å². The second-order valence-electron chi connectivity index (χ2n) is 4.13. The third kappa shape index (κ3) is 2.40. The summed E-state index contributed by atoms with van der Waals surface area (Å²) < 4.78 is 0. The lowest BCUT2D eigenvalue weighted by molar-refractivity contribution is 0.311. The second kappa shape index (κ2) is 4.63. The van der Waals surface area contributed by atoms with Gasteiger partial charge in [-0.25, -0.2) is 10.8 Å². The third-order valence-corrected chi connectivity index (χ3v) is 2.78. The molecule has 0 radical (unpaired) electrons. The monoisotopic (exact) mass is 222 g/mol. The number of nitrogen functional groups attached to an aromatic ring is 1. The molecule has 88 valence electrons. The van der Waals surface area contributed by atoms with Gasteiger partial charge in [-0.15, -0.1) is 0 Å². The van der Waals surface area contributed by atoms with Crippen molar-refractivity contribution in [3.8, 4) is 0 Å². The largest absolute Gasteiger partial charge is 0.338 e. The van der Waals surface area contributed by atoms with Crippen molar-refractivity contribution in [2.24, 2.45) is 5.84 Å². The number of hydrogen-bond donors (Lipinski definition) is 2. The van der Waals surface area contributed by atoms with Gasteiger partial charge in [0.2, 0.25) is 5.95 Å². The van der Waals surface area contributed by atoms with E-state index in [-0.39, 0.29) is 0 Å². The Bertz CT molecular complexity index is 358. The molecule has 6 nitrogen and oxygen atoms in total. The van der Waals surface area contributed by atoms with Crippen LogP contribution in [0.5, 0.6) is 0 Å². The number of nitrogens with one attached hydrogen (secondary N) is 1. The molecule has 6 heteroatoms. The van der Waals surface area contributed by atoms with E-state index >= 15 is 0 Å². The molecule has 2 rings (SSSR count). The molecule has 3 N–H and O–H groups in total. The van der Waals surface area contributed by atoms with E-state index in [2.05, 4.69) is 32.2 Å². The smallest absolute Gasteiger partial charge is 0.227 e. The highest BCUT2D eigenvalue weighted by molar-refractivity contribution is 5.43. The number of aromatic nitrogens is 2. The lowest BCUT2D eigenvalue weighted by Gasteiger charge is -2.32. The lowest BCUT2D eigenvalue weighted by atomic mass is 10.3. The molecule has 0 aromatic carbocycles. The van der Waals surface area contributed by atoms with E-state index in [4.69, 9.17) is 5.84 Å². The van der Waals surface area contributed by atoms with Crippen LogP contribution in [0.25, 0.3) is 0 Å². The molecule has 16 heavy (non-hydrogen) atoms. The van der Waals surface area contributed by atoms with Crippen molar-refractivity contribution in [1.82, 2.24) is 14.9 Å². The standard InChI is InChI=1S/C10H18N6/c1-8-7-9(14-11)13-10(12-8)16-5-3-15(2)4-6-16/h7H,3-6,11H2,1-2H3,(H,12,13,14). The molecule has 1 saturated heterocycles. The predicted octanol–water partition coefficient (Wildman–Crippen LogP) is -0.178. The van der Waals surface area contributed by atoms with E-state index in [0.29, 0.717) is 5.82 Å². The topological polar surface area (TPSA) is 70.3 Å². The van der Waals surface area contributed by atoms with Crippen LogP contribution in [-0.2, 0) is 0 Å². The molecule has 0 unspecified atom stereocenters. The van der Waals surface area contributed by atoms with Gasteiger partial charge < -0.3 is 15.2 Å². The minimum atomic E-state index is 0.668. The number of nitrogens with zero attached hydrogens (tertiary/aromatic N) is 4. The van der Waals surface area contributed by atoms with Crippen LogP contribution in [0.15, 0.2) is 6.07 Å². The highest BCUT2D eigenvalue weighted by atomic mass is 15.3. The minimum Gasteiger partial charge on any atom is -0.338 e. The Morgan fingerprint density at radius 3 is 2.56 bits per heavy atom. The quantitative estimate of drug-likeness (QED) is 0.534. The first-order valence-corrected chi connectivity index (χ1v) is 5.45. The molecular weight excluding hydrogens is 204 g/mol. The van der Waals surface area contributed by atoms with Gasteiger partial charge >= 0.3 is 0 Å². The number of aryl methyl sites for hydroxylation is 1. The second-order valence-corrected chi connectivity index (χ2v) is 4.13. The SMILES string of the molecule is Cc1cc(NN)nc(N2CCN(C)CC2)n1. The van der Waals surface area contributed by atoms with Crippen LogP contribution in [0.1, 0.15) is 5.69 Å². The van der Waals surface area contributed by atoms with Crippen LogP contribution < -0.4 is 16.2 Å². The minimum absolute atomic E-state index is 0.668. The zero-order chi connectivity index (χ0) is 11.5. The van der Waals surface area contributed by atoms with E-state index < -0.39 is 0 Å². The van der Waals surface area contributed by atoms with Gasteiger partial charge in [-0.1, -0.05) is 0 Å². The first-order chi connectivity index (χ1) is 7.69. The Hall–Kier alpha value is -1.40. The van der Waals surface area contributed by atoms with Gasteiger partial charge in [-0.2, -0.15) is 4.98 Å². The lowest BCUT2D eigenvalue weighted by Crippen LogP contribution is -2.45. The van der Waals surface area contributed by atoms with Gasteiger partial charge in [-0.05, 0) is 14.0 Å². The molecule has 2 heterocycles. The number of likely N-dealkylation sites (N-methyl/N-ethyl adjacent to an activating group) is 1. The van der Waals surface area contributed by atoms with Crippen LogP contribution in [0.2, 0.25) is 0 Å². The summed E-state index contributed by atoms with van der Waals surface area (Å²) in [6, 6.07) is 1.83. The highest BCUT2D eigenvalue weighted by Crippen LogP contribution is 2.14. The molecule has 0 atom stereocenters. The Kier molecular flexibility index (Phi) is 3.21. The Labute approximate surface area is 95.4 Å². The molecule has 1 fully saturated rings. The van der Waals surface area contributed by atoms with Gasteiger partial charge in [-0.3, -0.25) is 0 Å². The summed E-state index contributed by atoms with van der Waals surface area (Å²) in [4.78, 5) is 13.3. The van der Waals surface area contributed by atoms with Gasteiger partial charge in [0.05, 0.1) is 0 Å². The molecular formula is C10H18N6. The zero-order valence-corrected chi connectivity index (χ0v) is 9.77. The van der Waals surface area contributed by atoms with E-state index in [1.54, 1.807) is 0 Å². The fourth-order valence-corrected chi connectivity index (χ4v) is 1.77. The number of hydrazine groups is 1. The van der Waals surface area contributed by atoms with E-state index in [9.17, 15) is 0 Å². The summed E-state index contributed by atoms with van der Waals surface area (Å²) in [6.07, 6.45) is 0. The van der Waals surface area contributed by atoms with Crippen molar-refractivity contribution in [3.63, 3.8) is 0 Å². The summed E-state index contributed by atoms with van der Waals surface area (Å²) in [5, 5.41) is 0. The van der Waals surface area contributed by atoms with E-state index in [1.165, 1.54) is 0 Å². The summed E-state index contributed by atoms with van der Waals surface area (Å²) in [7, 11) is 2.13.